The van der Waals surface area contributed by atoms with Crippen LogP contribution in [0.3, 0.4) is 0 Å². The van der Waals surface area contributed by atoms with Gasteiger partial charge in [-0.3, -0.25) is 9.59 Å². The lowest BCUT2D eigenvalue weighted by molar-refractivity contribution is -0.142. The average Bonchev–Trinajstić information content (AvgIpc) is 3.37. The van der Waals surface area contributed by atoms with Gasteiger partial charge in [-0.05, 0) is 75.5 Å². The molecule has 0 radical (unpaired) electrons. The zero-order valence-corrected chi connectivity index (χ0v) is 21.6. The number of nitrogens with one attached hydrogen (secondary N) is 1. The van der Waals surface area contributed by atoms with Gasteiger partial charge in [0, 0.05) is 18.3 Å². The Balaban J connectivity index is 1.16. The molecule has 2 aromatic rings. The standard InChI is InChI=1S/C24H33N5O3S2/c1-3-29-19(12-24-9-15-5-16(10-24)7-17(6-15)11-24)27-28-23(29)34-14-20(30)26-22-25-18(13-33-22)8-21(31)32-4-2/h13,15-17H,3-12,14H2,1-2H3,(H,25,26,30). The summed E-state index contributed by atoms with van der Waals surface area (Å²) in [5.74, 6) is 3.62. The number of carbonyl (C=O) groups excluding carboxylic acids is 2. The maximum absolute atomic E-state index is 12.5. The van der Waals surface area contributed by atoms with Gasteiger partial charge < -0.3 is 14.6 Å². The summed E-state index contributed by atoms with van der Waals surface area (Å²) in [7, 11) is 0. The molecule has 34 heavy (non-hydrogen) atoms. The van der Waals surface area contributed by atoms with E-state index in [1.54, 1.807) is 12.3 Å². The van der Waals surface area contributed by atoms with Crippen molar-refractivity contribution < 1.29 is 14.3 Å². The molecule has 2 aromatic heterocycles. The Labute approximate surface area is 208 Å². The number of amides is 1. The van der Waals surface area contributed by atoms with Crippen LogP contribution >= 0.6 is 23.1 Å². The zero-order chi connectivity index (χ0) is 23.7. The quantitative estimate of drug-likeness (QED) is 0.380. The van der Waals surface area contributed by atoms with Gasteiger partial charge in [0.2, 0.25) is 5.91 Å². The largest absolute Gasteiger partial charge is 0.466 e. The minimum absolute atomic E-state index is 0.112. The lowest BCUT2D eigenvalue weighted by Crippen LogP contribution is -2.47. The number of ether oxygens (including phenoxy) is 1. The van der Waals surface area contributed by atoms with Crippen LogP contribution in [0.15, 0.2) is 10.5 Å². The van der Waals surface area contributed by atoms with Crippen molar-refractivity contribution in [2.45, 2.75) is 76.9 Å². The molecular formula is C24H33N5O3S2. The summed E-state index contributed by atoms with van der Waals surface area (Å²) in [6, 6.07) is 0. The lowest BCUT2D eigenvalue weighted by atomic mass is 9.49. The Bertz CT molecular complexity index is 1010. The molecule has 0 unspecified atom stereocenters. The highest BCUT2D eigenvalue weighted by atomic mass is 32.2. The lowest BCUT2D eigenvalue weighted by Gasteiger charge is -2.56. The summed E-state index contributed by atoms with van der Waals surface area (Å²) in [5, 5.41) is 14.9. The molecule has 1 amide bonds. The SMILES string of the molecule is CCOC(=O)Cc1csc(NC(=O)CSc2nnc(CC34CC5CC(CC(C5)C3)C4)n2CC)n1. The predicted octanol–water partition coefficient (Wildman–Crippen LogP) is 4.35. The van der Waals surface area contributed by atoms with E-state index in [0.717, 1.165) is 41.7 Å². The third-order valence-corrected chi connectivity index (χ3v) is 9.34. The number of nitrogens with zero attached hydrogens (tertiary/aromatic N) is 4. The van der Waals surface area contributed by atoms with E-state index in [1.165, 1.54) is 61.6 Å². The van der Waals surface area contributed by atoms with Gasteiger partial charge in [-0.2, -0.15) is 0 Å². The third-order valence-electron chi connectivity index (χ3n) is 7.57. The molecule has 4 aliphatic rings. The maximum Gasteiger partial charge on any atom is 0.311 e. The zero-order valence-electron chi connectivity index (χ0n) is 19.9. The molecule has 0 spiro atoms. The first-order chi connectivity index (χ1) is 16.4. The van der Waals surface area contributed by atoms with Crippen LogP contribution in [-0.2, 0) is 33.7 Å². The average molecular weight is 504 g/mol. The molecule has 0 aliphatic heterocycles. The van der Waals surface area contributed by atoms with Crippen LogP contribution in [0.2, 0.25) is 0 Å². The smallest absolute Gasteiger partial charge is 0.311 e. The molecule has 4 fully saturated rings. The van der Waals surface area contributed by atoms with Crippen LogP contribution in [0.25, 0.3) is 0 Å². The van der Waals surface area contributed by atoms with E-state index in [0.29, 0.717) is 22.8 Å². The van der Waals surface area contributed by atoms with Crippen molar-refractivity contribution in [3.63, 3.8) is 0 Å². The summed E-state index contributed by atoms with van der Waals surface area (Å²) in [4.78, 5) is 28.4. The van der Waals surface area contributed by atoms with Crippen LogP contribution in [-0.4, -0.2) is 44.0 Å². The fourth-order valence-corrected chi connectivity index (χ4v) is 8.35. The van der Waals surface area contributed by atoms with E-state index >= 15 is 0 Å². The first-order valence-electron chi connectivity index (χ1n) is 12.4. The van der Waals surface area contributed by atoms with Crippen molar-refractivity contribution in [3.05, 3.63) is 16.9 Å². The van der Waals surface area contributed by atoms with Crippen LogP contribution in [0.1, 0.15) is 63.9 Å². The maximum atomic E-state index is 12.5. The highest BCUT2D eigenvalue weighted by molar-refractivity contribution is 7.99. The van der Waals surface area contributed by atoms with E-state index in [-0.39, 0.29) is 24.1 Å². The Morgan fingerprint density at radius 1 is 1.18 bits per heavy atom. The van der Waals surface area contributed by atoms with Gasteiger partial charge in [0.1, 0.15) is 5.82 Å². The van der Waals surface area contributed by atoms with Gasteiger partial charge in [0.05, 0.1) is 24.5 Å². The highest BCUT2D eigenvalue weighted by Crippen LogP contribution is 2.61. The van der Waals surface area contributed by atoms with Crippen molar-refractivity contribution in [1.82, 2.24) is 19.7 Å². The van der Waals surface area contributed by atoms with Gasteiger partial charge in [0.15, 0.2) is 10.3 Å². The molecule has 6 rings (SSSR count). The van der Waals surface area contributed by atoms with Crippen molar-refractivity contribution in [2.24, 2.45) is 23.2 Å². The van der Waals surface area contributed by atoms with Crippen LogP contribution < -0.4 is 5.32 Å². The van der Waals surface area contributed by atoms with Gasteiger partial charge in [-0.15, -0.1) is 21.5 Å². The number of thioether (sulfide) groups is 1. The Kier molecular flexibility index (Phi) is 6.97. The third kappa shape index (κ3) is 5.17. The molecule has 184 valence electrons. The van der Waals surface area contributed by atoms with Gasteiger partial charge in [-0.1, -0.05) is 11.8 Å². The van der Waals surface area contributed by atoms with Crippen molar-refractivity contribution in [2.75, 3.05) is 17.7 Å². The van der Waals surface area contributed by atoms with E-state index < -0.39 is 0 Å². The number of thiazole rings is 1. The Morgan fingerprint density at radius 3 is 2.53 bits per heavy atom. The second-order valence-corrected chi connectivity index (χ2v) is 12.0. The highest BCUT2D eigenvalue weighted by Gasteiger charge is 2.51. The topological polar surface area (TPSA) is 99.0 Å². The first-order valence-corrected chi connectivity index (χ1v) is 14.3. The molecule has 4 aliphatic carbocycles. The van der Waals surface area contributed by atoms with Crippen molar-refractivity contribution in [3.8, 4) is 0 Å². The summed E-state index contributed by atoms with van der Waals surface area (Å²) in [6.45, 7) is 5.05. The van der Waals surface area contributed by atoms with Crippen LogP contribution in [0.4, 0.5) is 5.13 Å². The molecule has 4 bridgehead atoms. The molecule has 0 aromatic carbocycles. The van der Waals surface area contributed by atoms with Crippen LogP contribution in [0, 0.1) is 23.2 Å². The molecule has 1 N–H and O–H groups in total. The number of carbonyl (C=O) groups is 2. The van der Waals surface area contributed by atoms with Gasteiger partial charge >= 0.3 is 5.97 Å². The van der Waals surface area contributed by atoms with E-state index in [1.807, 2.05) is 0 Å². The normalized spacial score (nSPS) is 27.2. The number of rotatable bonds is 10. The molecule has 10 heteroatoms. The molecule has 8 nitrogen and oxygen atoms in total. The predicted molar refractivity (Wildman–Crippen MR) is 132 cm³/mol. The van der Waals surface area contributed by atoms with E-state index in [2.05, 4.69) is 32.0 Å². The molecule has 2 heterocycles. The number of hydrogen-bond donors (Lipinski definition) is 1. The van der Waals surface area contributed by atoms with Crippen LogP contribution in [0.5, 0.6) is 0 Å². The second kappa shape index (κ2) is 9.97. The molecular weight excluding hydrogens is 470 g/mol. The summed E-state index contributed by atoms with van der Waals surface area (Å²) in [5.41, 5.74) is 1.02. The van der Waals surface area contributed by atoms with Crippen molar-refractivity contribution >= 4 is 40.1 Å². The fraction of sp³-hybridized carbons (Fsp3) is 0.708. The molecule has 0 saturated heterocycles. The number of hydrogen-bond acceptors (Lipinski definition) is 8. The monoisotopic (exact) mass is 503 g/mol. The fourth-order valence-electron chi connectivity index (χ4n) is 6.81. The van der Waals surface area contributed by atoms with E-state index in [9.17, 15) is 9.59 Å². The minimum Gasteiger partial charge on any atom is -0.466 e. The number of esters is 1. The van der Waals surface area contributed by atoms with Gasteiger partial charge in [0.25, 0.3) is 0 Å². The summed E-state index contributed by atoms with van der Waals surface area (Å²) in [6.07, 6.45) is 9.52. The number of aromatic nitrogens is 4. The Morgan fingerprint density at radius 2 is 1.88 bits per heavy atom. The second-order valence-electron chi connectivity index (χ2n) is 10.2. The van der Waals surface area contributed by atoms with E-state index in [4.69, 9.17) is 4.74 Å². The number of anilines is 1. The minimum atomic E-state index is -0.315. The Hall–Kier alpha value is -1.94. The summed E-state index contributed by atoms with van der Waals surface area (Å²) >= 11 is 2.73. The van der Waals surface area contributed by atoms with Gasteiger partial charge in [-0.25, -0.2) is 4.98 Å². The molecule has 4 saturated carbocycles. The van der Waals surface area contributed by atoms with Crippen molar-refractivity contribution in [1.29, 1.82) is 0 Å². The summed E-state index contributed by atoms with van der Waals surface area (Å²) < 4.78 is 7.14. The molecule has 0 atom stereocenters. The first kappa shape index (κ1) is 23.8.